The molecule has 1 heterocycles. The maximum absolute atomic E-state index is 4.36. The fourth-order valence-electron chi connectivity index (χ4n) is 3.04. The lowest BCUT2D eigenvalue weighted by atomic mass is 9.84. The molecule has 1 aromatic heterocycles. The summed E-state index contributed by atoms with van der Waals surface area (Å²) in [4.78, 5) is 0. The second kappa shape index (κ2) is 6.37. The Labute approximate surface area is 111 Å². The number of aromatic nitrogens is 2. The Morgan fingerprint density at radius 3 is 2.94 bits per heavy atom. The highest BCUT2D eigenvalue weighted by Crippen LogP contribution is 2.28. The van der Waals surface area contributed by atoms with Crippen LogP contribution in [-0.4, -0.2) is 15.8 Å². The fourth-order valence-corrected chi connectivity index (χ4v) is 3.04. The second-order valence-corrected chi connectivity index (χ2v) is 5.66. The average Bonchev–Trinajstić information content (AvgIpc) is 2.88. The number of nitrogens with zero attached hydrogens (tertiary/aromatic N) is 2. The number of hydrogen-bond donors (Lipinski definition) is 1. The van der Waals surface area contributed by atoms with E-state index in [9.17, 15) is 0 Å². The second-order valence-electron chi connectivity index (χ2n) is 5.66. The normalized spacial score (nSPS) is 26.2. The van der Waals surface area contributed by atoms with Gasteiger partial charge in [-0.25, -0.2) is 0 Å². The largest absolute Gasteiger partial charge is 0.307 e. The Hall–Kier alpha value is -0.830. The van der Waals surface area contributed by atoms with Gasteiger partial charge in [0.15, 0.2) is 0 Å². The van der Waals surface area contributed by atoms with Crippen molar-refractivity contribution in [2.45, 2.75) is 71.5 Å². The third kappa shape index (κ3) is 3.35. The van der Waals surface area contributed by atoms with Crippen molar-refractivity contribution < 1.29 is 0 Å². The highest BCUT2D eigenvalue weighted by Gasteiger charge is 2.22. The molecule has 0 aromatic carbocycles. The number of nitrogens with one attached hydrogen (secondary N) is 1. The summed E-state index contributed by atoms with van der Waals surface area (Å²) in [6, 6.07) is 1.12. The van der Waals surface area contributed by atoms with E-state index in [1.165, 1.54) is 37.7 Å². The highest BCUT2D eigenvalue weighted by molar-refractivity contribution is 5.09. The number of hydrogen-bond acceptors (Lipinski definition) is 2. The molecule has 0 spiro atoms. The first-order chi connectivity index (χ1) is 8.72. The molecule has 0 amide bonds. The molecule has 0 saturated heterocycles. The molecule has 102 valence electrons. The van der Waals surface area contributed by atoms with Gasteiger partial charge in [0.2, 0.25) is 0 Å². The Kier molecular flexibility index (Phi) is 4.81. The van der Waals surface area contributed by atoms with E-state index in [0.717, 1.165) is 12.5 Å². The van der Waals surface area contributed by atoms with E-state index in [1.807, 2.05) is 10.9 Å². The molecule has 1 fully saturated rings. The Morgan fingerprint density at radius 1 is 1.44 bits per heavy atom. The first-order valence-corrected chi connectivity index (χ1v) is 7.51. The predicted molar refractivity (Wildman–Crippen MR) is 75.5 cm³/mol. The molecule has 3 nitrogen and oxygen atoms in total. The molecule has 18 heavy (non-hydrogen) atoms. The van der Waals surface area contributed by atoms with Crippen molar-refractivity contribution in [1.29, 1.82) is 0 Å². The van der Waals surface area contributed by atoms with Crippen molar-refractivity contribution in [3.63, 3.8) is 0 Å². The van der Waals surface area contributed by atoms with Crippen LogP contribution in [-0.2, 0) is 6.54 Å². The summed E-state index contributed by atoms with van der Waals surface area (Å²) in [6.45, 7) is 7.66. The quantitative estimate of drug-likeness (QED) is 0.865. The van der Waals surface area contributed by atoms with Crippen molar-refractivity contribution >= 4 is 0 Å². The first-order valence-electron chi connectivity index (χ1n) is 7.51. The van der Waals surface area contributed by atoms with Crippen molar-refractivity contribution in [3.8, 4) is 0 Å². The summed E-state index contributed by atoms with van der Waals surface area (Å²) in [5.74, 6) is 0.932. The third-order valence-corrected chi connectivity index (χ3v) is 4.32. The van der Waals surface area contributed by atoms with Gasteiger partial charge in [-0.1, -0.05) is 26.2 Å². The van der Waals surface area contributed by atoms with Crippen LogP contribution in [0.25, 0.3) is 0 Å². The molecular formula is C15H27N3. The lowest BCUT2D eigenvalue weighted by Gasteiger charge is -2.31. The summed E-state index contributed by atoms with van der Waals surface area (Å²) in [5, 5.41) is 8.14. The van der Waals surface area contributed by atoms with Gasteiger partial charge in [0, 0.05) is 30.4 Å². The maximum atomic E-state index is 4.36. The van der Waals surface area contributed by atoms with Gasteiger partial charge in [-0.15, -0.1) is 0 Å². The van der Waals surface area contributed by atoms with Gasteiger partial charge in [0.25, 0.3) is 0 Å². The minimum atomic E-state index is 0.422. The molecule has 1 N–H and O–H groups in total. The van der Waals surface area contributed by atoms with Crippen LogP contribution >= 0.6 is 0 Å². The minimum absolute atomic E-state index is 0.422. The summed E-state index contributed by atoms with van der Waals surface area (Å²) < 4.78 is 2.00. The zero-order chi connectivity index (χ0) is 13.0. The molecule has 3 atom stereocenters. The average molecular weight is 249 g/mol. The van der Waals surface area contributed by atoms with Crippen molar-refractivity contribution in [1.82, 2.24) is 15.1 Å². The van der Waals surface area contributed by atoms with E-state index in [1.54, 1.807) is 0 Å². The topological polar surface area (TPSA) is 29.9 Å². The molecule has 1 saturated carbocycles. The summed E-state index contributed by atoms with van der Waals surface area (Å²) in [7, 11) is 0. The Bertz CT molecular complexity index is 358. The first kappa shape index (κ1) is 13.6. The number of aryl methyl sites for hydroxylation is 1. The van der Waals surface area contributed by atoms with Crippen molar-refractivity contribution in [2.24, 2.45) is 5.92 Å². The van der Waals surface area contributed by atoms with Crippen LogP contribution < -0.4 is 5.32 Å². The van der Waals surface area contributed by atoms with Crippen LogP contribution in [0, 0.1) is 5.92 Å². The van der Waals surface area contributed by atoms with Gasteiger partial charge < -0.3 is 5.32 Å². The monoisotopic (exact) mass is 249 g/mol. The van der Waals surface area contributed by atoms with Gasteiger partial charge in [0.05, 0.1) is 6.20 Å². The lowest BCUT2D eigenvalue weighted by Crippen LogP contribution is -2.35. The molecule has 3 heteroatoms. The van der Waals surface area contributed by atoms with E-state index in [4.69, 9.17) is 0 Å². The van der Waals surface area contributed by atoms with Crippen molar-refractivity contribution in [2.75, 3.05) is 0 Å². The lowest BCUT2D eigenvalue weighted by molar-refractivity contribution is 0.266. The van der Waals surface area contributed by atoms with Gasteiger partial charge in [-0.2, -0.15) is 5.10 Å². The minimum Gasteiger partial charge on any atom is -0.307 e. The van der Waals surface area contributed by atoms with Gasteiger partial charge in [-0.05, 0) is 32.6 Å². The van der Waals surface area contributed by atoms with Crippen LogP contribution in [0.1, 0.15) is 64.5 Å². The van der Waals surface area contributed by atoms with Crippen molar-refractivity contribution in [3.05, 3.63) is 18.0 Å². The highest BCUT2D eigenvalue weighted by atomic mass is 15.3. The van der Waals surface area contributed by atoms with E-state index in [-0.39, 0.29) is 0 Å². The molecule has 0 aliphatic heterocycles. The van der Waals surface area contributed by atoms with Gasteiger partial charge in [0.1, 0.15) is 0 Å². The molecule has 1 aromatic rings. The van der Waals surface area contributed by atoms with Crippen LogP contribution in [0.5, 0.6) is 0 Å². The molecule has 2 rings (SSSR count). The predicted octanol–water partition coefficient (Wildman–Crippen LogP) is 3.52. The molecule has 0 radical (unpaired) electrons. The third-order valence-electron chi connectivity index (χ3n) is 4.32. The van der Waals surface area contributed by atoms with Gasteiger partial charge >= 0.3 is 0 Å². The molecular weight excluding hydrogens is 222 g/mol. The summed E-state index contributed by atoms with van der Waals surface area (Å²) >= 11 is 0. The molecule has 1 aliphatic carbocycles. The molecule has 0 bridgehead atoms. The maximum Gasteiger partial charge on any atom is 0.0537 e. The van der Waals surface area contributed by atoms with E-state index >= 15 is 0 Å². The van der Waals surface area contributed by atoms with Crippen LogP contribution in [0.15, 0.2) is 12.4 Å². The zero-order valence-electron chi connectivity index (χ0n) is 12.0. The summed E-state index contributed by atoms with van der Waals surface area (Å²) in [6.07, 6.45) is 11.0. The summed E-state index contributed by atoms with van der Waals surface area (Å²) in [5.41, 5.74) is 1.32. The molecule has 3 unspecified atom stereocenters. The molecule has 1 aliphatic rings. The Morgan fingerprint density at radius 2 is 2.28 bits per heavy atom. The fraction of sp³-hybridized carbons (Fsp3) is 0.800. The van der Waals surface area contributed by atoms with E-state index in [2.05, 4.69) is 37.4 Å². The van der Waals surface area contributed by atoms with Gasteiger partial charge in [-0.3, -0.25) is 4.68 Å². The van der Waals surface area contributed by atoms with Crippen LogP contribution in [0.4, 0.5) is 0 Å². The van der Waals surface area contributed by atoms with E-state index < -0.39 is 0 Å². The van der Waals surface area contributed by atoms with E-state index in [0.29, 0.717) is 12.1 Å². The zero-order valence-corrected chi connectivity index (χ0v) is 12.0. The SMILES string of the molecule is CCC1CCCC(NC(C)c2cnn(CC)c2)C1. The Balaban J connectivity index is 1.88. The smallest absolute Gasteiger partial charge is 0.0537 e. The van der Waals surface area contributed by atoms with Crippen LogP contribution in [0.3, 0.4) is 0 Å². The number of rotatable bonds is 5. The standard InChI is InChI=1S/C15H27N3/c1-4-13-7-6-8-15(9-13)17-12(3)14-10-16-18(5-2)11-14/h10-13,15,17H,4-9H2,1-3H3. The van der Waals surface area contributed by atoms with Crippen LogP contribution in [0.2, 0.25) is 0 Å².